The van der Waals surface area contributed by atoms with Gasteiger partial charge in [0.25, 0.3) is 0 Å². The minimum absolute atomic E-state index is 0.293. The van der Waals surface area contributed by atoms with Gasteiger partial charge in [0.15, 0.2) is 0 Å². The van der Waals surface area contributed by atoms with E-state index in [1.807, 2.05) is 36.4 Å². The molecule has 0 radical (unpaired) electrons. The maximum atomic E-state index is 4.74. The van der Waals surface area contributed by atoms with E-state index in [-0.39, 0.29) is 0 Å². The molecule has 3 aromatic carbocycles. The van der Waals surface area contributed by atoms with E-state index in [4.69, 9.17) is 9.97 Å². The maximum absolute atomic E-state index is 4.74. The number of para-hydroxylation sites is 2. The van der Waals surface area contributed by atoms with Crippen LogP contribution in [-0.4, -0.2) is 15.0 Å². The van der Waals surface area contributed by atoms with Gasteiger partial charge in [0.05, 0.1) is 0 Å². The summed E-state index contributed by atoms with van der Waals surface area (Å²) in [5, 5.41) is 6.73. The van der Waals surface area contributed by atoms with Gasteiger partial charge in [-0.05, 0) is 48.6 Å². The highest BCUT2D eigenvalue weighted by molar-refractivity contribution is 5.63. The van der Waals surface area contributed by atoms with Gasteiger partial charge >= 0.3 is 0 Å². The summed E-state index contributed by atoms with van der Waals surface area (Å²) in [5.41, 5.74) is 5.54. The smallest absolute Gasteiger partial charge is 0.232 e. The first-order valence-corrected chi connectivity index (χ1v) is 10.5. The van der Waals surface area contributed by atoms with Crippen LogP contribution in [0.5, 0.6) is 0 Å². The van der Waals surface area contributed by atoms with E-state index < -0.39 is 0 Å². The fourth-order valence-corrected chi connectivity index (χ4v) is 3.57. The van der Waals surface area contributed by atoms with E-state index in [9.17, 15) is 0 Å². The molecule has 1 heterocycles. The number of anilines is 4. The fraction of sp³-hybridized carbons (Fsp3) is 0.192. The summed E-state index contributed by atoms with van der Waals surface area (Å²) >= 11 is 0. The van der Waals surface area contributed by atoms with Gasteiger partial charge in [-0.3, -0.25) is 0 Å². The van der Waals surface area contributed by atoms with Gasteiger partial charge in [-0.15, -0.1) is 0 Å². The highest BCUT2D eigenvalue weighted by atomic mass is 15.2. The zero-order chi connectivity index (χ0) is 21.6. The summed E-state index contributed by atoms with van der Waals surface area (Å²) in [6.07, 6.45) is 0.720. The van der Waals surface area contributed by atoms with Crippen LogP contribution in [0.3, 0.4) is 0 Å². The summed E-state index contributed by atoms with van der Waals surface area (Å²) in [4.78, 5) is 14.1. The normalized spacial score (nSPS) is 11.7. The van der Waals surface area contributed by atoms with Crippen LogP contribution in [0.25, 0.3) is 0 Å². The van der Waals surface area contributed by atoms with Crippen LogP contribution in [0.4, 0.5) is 23.3 Å². The third-order valence-electron chi connectivity index (χ3n) is 5.29. The quantitative estimate of drug-likeness (QED) is 0.374. The largest absolute Gasteiger partial charge is 0.324 e. The van der Waals surface area contributed by atoms with Crippen LogP contribution in [0.1, 0.15) is 35.4 Å². The molecule has 0 amide bonds. The Kier molecular flexibility index (Phi) is 6.22. The summed E-state index contributed by atoms with van der Waals surface area (Å²) < 4.78 is 0. The third-order valence-corrected chi connectivity index (χ3v) is 5.29. The minimum atomic E-state index is 0.293. The predicted octanol–water partition coefficient (Wildman–Crippen LogP) is 6.32. The van der Waals surface area contributed by atoms with Crippen molar-refractivity contribution in [3.05, 3.63) is 101 Å². The molecule has 0 fully saturated rings. The van der Waals surface area contributed by atoms with Crippen molar-refractivity contribution < 1.29 is 0 Å². The Labute approximate surface area is 183 Å². The van der Waals surface area contributed by atoms with Crippen molar-refractivity contribution in [3.8, 4) is 0 Å². The Morgan fingerprint density at radius 2 is 1.26 bits per heavy atom. The molecule has 156 valence electrons. The molecule has 0 saturated heterocycles. The number of hydrogen-bond donors (Lipinski definition) is 2. The average molecular weight is 410 g/mol. The second-order valence-electron chi connectivity index (χ2n) is 7.80. The Hall–Kier alpha value is -3.73. The lowest BCUT2D eigenvalue weighted by molar-refractivity contribution is 0.714. The number of benzene rings is 3. The van der Waals surface area contributed by atoms with E-state index in [1.54, 1.807) is 0 Å². The Balaban J connectivity index is 1.66. The standard InChI is InChI=1S/C26H27N5/c1-18-11-10-12-19(2)24(18)30-26-29-23(17-20(3)21-13-6-4-7-14-21)28-25(31-26)27-22-15-8-5-9-16-22/h4-16,20H,17H2,1-3H3,(H2,27,28,29,30,31). The monoisotopic (exact) mass is 409 g/mol. The molecule has 1 unspecified atom stereocenters. The number of nitrogens with zero attached hydrogens (tertiary/aromatic N) is 3. The summed E-state index contributed by atoms with van der Waals surface area (Å²) in [6, 6.07) is 26.6. The lowest BCUT2D eigenvalue weighted by Gasteiger charge is -2.15. The van der Waals surface area contributed by atoms with Gasteiger partial charge in [-0.25, -0.2) is 0 Å². The molecule has 4 rings (SSSR count). The second-order valence-corrected chi connectivity index (χ2v) is 7.80. The summed E-state index contributed by atoms with van der Waals surface area (Å²) in [7, 11) is 0. The molecule has 5 heteroatoms. The van der Waals surface area contributed by atoms with Crippen LogP contribution < -0.4 is 10.6 Å². The van der Waals surface area contributed by atoms with Gasteiger partial charge in [0.1, 0.15) is 5.82 Å². The van der Waals surface area contributed by atoms with E-state index in [2.05, 4.69) is 78.9 Å². The topological polar surface area (TPSA) is 62.7 Å². The SMILES string of the molecule is Cc1cccc(C)c1Nc1nc(CC(C)c2ccccc2)nc(Nc2ccccc2)n1. The predicted molar refractivity (Wildman–Crippen MR) is 127 cm³/mol. The lowest BCUT2D eigenvalue weighted by Crippen LogP contribution is -2.10. The van der Waals surface area contributed by atoms with Crippen LogP contribution >= 0.6 is 0 Å². The van der Waals surface area contributed by atoms with E-state index in [1.165, 1.54) is 5.56 Å². The fourth-order valence-electron chi connectivity index (χ4n) is 3.57. The molecule has 5 nitrogen and oxygen atoms in total. The van der Waals surface area contributed by atoms with Gasteiger partial charge in [-0.2, -0.15) is 15.0 Å². The van der Waals surface area contributed by atoms with Crippen LogP contribution in [0.2, 0.25) is 0 Å². The average Bonchev–Trinajstić information content (AvgIpc) is 2.77. The molecule has 0 aliphatic heterocycles. The molecule has 0 saturated carbocycles. The Morgan fingerprint density at radius 1 is 0.677 bits per heavy atom. The second kappa shape index (κ2) is 9.39. The van der Waals surface area contributed by atoms with E-state index in [0.29, 0.717) is 17.8 Å². The van der Waals surface area contributed by atoms with Crippen LogP contribution in [0.15, 0.2) is 78.9 Å². The molecule has 4 aromatic rings. The molecule has 31 heavy (non-hydrogen) atoms. The van der Waals surface area contributed by atoms with Crippen molar-refractivity contribution in [1.29, 1.82) is 0 Å². The van der Waals surface area contributed by atoms with Gasteiger partial charge in [-0.1, -0.05) is 73.7 Å². The zero-order valence-electron chi connectivity index (χ0n) is 18.1. The highest BCUT2D eigenvalue weighted by Crippen LogP contribution is 2.25. The molecule has 0 spiro atoms. The number of aromatic nitrogens is 3. The van der Waals surface area contributed by atoms with Crippen LogP contribution in [-0.2, 0) is 6.42 Å². The Morgan fingerprint density at radius 3 is 1.90 bits per heavy atom. The number of rotatable bonds is 7. The number of nitrogens with one attached hydrogen (secondary N) is 2. The van der Waals surface area contributed by atoms with Gasteiger partial charge in [0.2, 0.25) is 11.9 Å². The number of hydrogen-bond acceptors (Lipinski definition) is 5. The molecule has 1 atom stereocenters. The van der Waals surface area contributed by atoms with Crippen molar-refractivity contribution in [2.24, 2.45) is 0 Å². The van der Waals surface area contributed by atoms with Crippen LogP contribution in [0, 0.1) is 13.8 Å². The first-order chi connectivity index (χ1) is 15.1. The third kappa shape index (κ3) is 5.25. The molecule has 1 aromatic heterocycles. The first-order valence-electron chi connectivity index (χ1n) is 10.5. The van der Waals surface area contributed by atoms with Crippen molar-refractivity contribution in [3.63, 3.8) is 0 Å². The maximum Gasteiger partial charge on any atom is 0.232 e. The van der Waals surface area contributed by atoms with E-state index >= 15 is 0 Å². The molecule has 0 bridgehead atoms. The molecular formula is C26H27N5. The number of aryl methyl sites for hydroxylation is 2. The zero-order valence-corrected chi connectivity index (χ0v) is 18.1. The van der Waals surface area contributed by atoms with Gasteiger partial charge < -0.3 is 10.6 Å². The highest BCUT2D eigenvalue weighted by Gasteiger charge is 2.13. The van der Waals surface area contributed by atoms with Crippen molar-refractivity contribution in [1.82, 2.24) is 15.0 Å². The summed E-state index contributed by atoms with van der Waals surface area (Å²) in [5.74, 6) is 2.12. The molecule has 0 aliphatic carbocycles. The molecule has 2 N–H and O–H groups in total. The van der Waals surface area contributed by atoms with Crippen molar-refractivity contribution >= 4 is 23.3 Å². The minimum Gasteiger partial charge on any atom is -0.324 e. The Bertz CT molecular complexity index is 1120. The summed E-state index contributed by atoms with van der Waals surface area (Å²) in [6.45, 7) is 6.36. The first kappa shape index (κ1) is 20.5. The van der Waals surface area contributed by atoms with E-state index in [0.717, 1.165) is 34.7 Å². The van der Waals surface area contributed by atoms with Gasteiger partial charge in [0, 0.05) is 17.8 Å². The molecule has 0 aliphatic rings. The van der Waals surface area contributed by atoms with Crippen molar-refractivity contribution in [2.45, 2.75) is 33.1 Å². The molecular weight excluding hydrogens is 382 g/mol. The van der Waals surface area contributed by atoms with Crippen molar-refractivity contribution in [2.75, 3.05) is 10.6 Å². The lowest BCUT2D eigenvalue weighted by atomic mass is 9.98.